The smallest absolute Gasteiger partial charge is 0.354 e. The first-order valence-electron chi connectivity index (χ1n) is 4.18. The number of hydrogen-bond donors (Lipinski definition) is 1. The van der Waals surface area contributed by atoms with Gasteiger partial charge in [-0.15, -0.1) is 0 Å². The molecule has 0 bridgehead atoms. The molecule has 0 unspecified atom stereocenters. The fraction of sp³-hybridized carbons (Fsp3) is 0.333. The Hall–Kier alpha value is -1.72. The molecule has 0 atom stereocenters. The minimum absolute atomic E-state index is 0.269. The Kier molecular flexibility index (Phi) is 2.88. The van der Waals surface area contributed by atoms with Crippen LogP contribution in [0.25, 0.3) is 0 Å². The number of alkyl halides is 2. The number of halogens is 2. The highest BCUT2D eigenvalue weighted by Crippen LogP contribution is 2.28. The lowest BCUT2D eigenvalue weighted by molar-refractivity contribution is 0.0464. The van der Waals surface area contributed by atoms with Gasteiger partial charge in [-0.25, -0.2) is 4.79 Å². The zero-order valence-corrected chi connectivity index (χ0v) is 8.24. The van der Waals surface area contributed by atoms with Crippen molar-refractivity contribution < 1.29 is 18.7 Å². The second kappa shape index (κ2) is 3.80. The van der Waals surface area contributed by atoms with E-state index >= 15 is 0 Å². The van der Waals surface area contributed by atoms with E-state index in [0.29, 0.717) is 6.08 Å². The van der Waals surface area contributed by atoms with E-state index in [-0.39, 0.29) is 5.69 Å². The first-order chi connectivity index (χ1) is 6.88. The Morgan fingerprint density at radius 2 is 2.27 bits per heavy atom. The average Bonchev–Trinajstić information content (AvgIpc) is 2.47. The molecule has 1 rings (SSSR count). The van der Waals surface area contributed by atoms with Crippen LogP contribution < -0.4 is 0 Å². The predicted octanol–water partition coefficient (Wildman–Crippen LogP) is 1.79. The van der Waals surface area contributed by atoms with Gasteiger partial charge in [0.25, 0.3) is 0 Å². The molecule has 0 aliphatic heterocycles. The van der Waals surface area contributed by atoms with Crippen LogP contribution >= 0.6 is 0 Å². The van der Waals surface area contributed by atoms with Crippen molar-refractivity contribution in [3.8, 4) is 0 Å². The maximum Gasteiger partial charge on any atom is 0.354 e. The summed E-state index contributed by atoms with van der Waals surface area (Å²) in [5.41, 5.74) is -0.838. The van der Waals surface area contributed by atoms with Gasteiger partial charge in [-0.05, 0) is 13.0 Å². The lowest BCUT2D eigenvalue weighted by Crippen LogP contribution is -2.10. The number of aryl methyl sites for hydroxylation is 1. The minimum Gasteiger partial charge on any atom is -0.477 e. The van der Waals surface area contributed by atoms with E-state index in [0.717, 1.165) is 10.7 Å². The number of carbonyl (C=O) groups is 1. The number of carboxylic acid groups (broad SMARTS) is 1. The van der Waals surface area contributed by atoms with Crippen molar-refractivity contribution in [2.45, 2.75) is 12.8 Å². The SMILES string of the molecule is CC=CC(F)(F)c1cc(C(=O)O)n(C)n1. The quantitative estimate of drug-likeness (QED) is 0.783. The molecule has 0 amide bonds. The van der Waals surface area contributed by atoms with Crippen molar-refractivity contribution >= 4 is 5.97 Å². The monoisotopic (exact) mass is 216 g/mol. The van der Waals surface area contributed by atoms with E-state index < -0.39 is 17.6 Å². The van der Waals surface area contributed by atoms with Crippen LogP contribution in [0.5, 0.6) is 0 Å². The molecule has 0 saturated heterocycles. The predicted molar refractivity (Wildman–Crippen MR) is 48.9 cm³/mol. The van der Waals surface area contributed by atoms with Crippen LogP contribution in [0.1, 0.15) is 23.1 Å². The van der Waals surface area contributed by atoms with Crippen LogP contribution in [-0.2, 0) is 13.0 Å². The van der Waals surface area contributed by atoms with Crippen molar-refractivity contribution in [3.63, 3.8) is 0 Å². The van der Waals surface area contributed by atoms with Crippen LogP contribution in [0.2, 0.25) is 0 Å². The molecule has 0 aromatic carbocycles. The van der Waals surface area contributed by atoms with Crippen molar-refractivity contribution in [2.75, 3.05) is 0 Å². The maximum atomic E-state index is 13.3. The molecule has 0 aliphatic rings. The topological polar surface area (TPSA) is 55.1 Å². The lowest BCUT2D eigenvalue weighted by atomic mass is 10.2. The summed E-state index contributed by atoms with van der Waals surface area (Å²) in [6.07, 6.45) is 1.86. The molecule has 1 heterocycles. The lowest BCUT2D eigenvalue weighted by Gasteiger charge is -2.06. The number of rotatable bonds is 3. The van der Waals surface area contributed by atoms with E-state index in [2.05, 4.69) is 5.10 Å². The molecule has 6 heteroatoms. The summed E-state index contributed by atoms with van der Waals surface area (Å²) in [7, 11) is 1.30. The Bertz CT molecular complexity index is 410. The first-order valence-corrected chi connectivity index (χ1v) is 4.18. The summed E-state index contributed by atoms with van der Waals surface area (Å²) in [5, 5.41) is 12.1. The molecular weight excluding hydrogens is 206 g/mol. The summed E-state index contributed by atoms with van der Waals surface area (Å²) in [6, 6.07) is 0.863. The van der Waals surface area contributed by atoms with Crippen LogP contribution in [0, 0.1) is 0 Å². The van der Waals surface area contributed by atoms with Gasteiger partial charge in [0.1, 0.15) is 11.4 Å². The molecule has 15 heavy (non-hydrogen) atoms. The van der Waals surface area contributed by atoms with Gasteiger partial charge in [0.2, 0.25) is 0 Å². The van der Waals surface area contributed by atoms with E-state index in [1.54, 1.807) is 0 Å². The Labute approximate surface area is 84.8 Å². The number of hydrogen-bond acceptors (Lipinski definition) is 2. The summed E-state index contributed by atoms with van der Waals surface area (Å²) < 4.78 is 27.4. The van der Waals surface area contributed by atoms with Gasteiger partial charge in [0.15, 0.2) is 0 Å². The van der Waals surface area contributed by atoms with Gasteiger partial charge >= 0.3 is 11.9 Å². The van der Waals surface area contributed by atoms with E-state index in [9.17, 15) is 13.6 Å². The summed E-state index contributed by atoms with van der Waals surface area (Å²) in [6.45, 7) is 1.45. The van der Waals surface area contributed by atoms with Crippen molar-refractivity contribution in [2.24, 2.45) is 7.05 Å². The fourth-order valence-corrected chi connectivity index (χ4v) is 1.12. The summed E-state index contributed by atoms with van der Waals surface area (Å²) in [5.74, 6) is -4.52. The highest BCUT2D eigenvalue weighted by molar-refractivity contribution is 5.85. The summed E-state index contributed by atoms with van der Waals surface area (Å²) in [4.78, 5) is 10.6. The highest BCUT2D eigenvalue weighted by Gasteiger charge is 2.32. The van der Waals surface area contributed by atoms with Crippen molar-refractivity contribution in [3.05, 3.63) is 29.6 Å². The molecular formula is C9H10F2N2O2. The first kappa shape index (κ1) is 11.4. The highest BCUT2D eigenvalue weighted by atomic mass is 19.3. The molecule has 0 aliphatic carbocycles. The van der Waals surface area contributed by atoms with Gasteiger partial charge < -0.3 is 5.11 Å². The molecule has 0 saturated carbocycles. The number of carboxylic acids is 1. The van der Waals surface area contributed by atoms with E-state index in [1.165, 1.54) is 20.0 Å². The number of aromatic carboxylic acids is 1. The molecule has 1 aromatic heterocycles. The minimum atomic E-state index is -3.24. The Balaban J connectivity index is 3.18. The number of aromatic nitrogens is 2. The zero-order valence-electron chi connectivity index (χ0n) is 8.24. The van der Waals surface area contributed by atoms with Gasteiger partial charge in [-0.1, -0.05) is 6.08 Å². The van der Waals surface area contributed by atoms with Crippen molar-refractivity contribution in [1.82, 2.24) is 9.78 Å². The third kappa shape index (κ3) is 2.20. The molecule has 0 fully saturated rings. The van der Waals surface area contributed by atoms with Crippen molar-refractivity contribution in [1.29, 1.82) is 0 Å². The number of allylic oxidation sites excluding steroid dienone is 2. The summed E-state index contributed by atoms with van der Waals surface area (Å²) >= 11 is 0. The maximum absolute atomic E-state index is 13.3. The number of nitrogens with zero attached hydrogens (tertiary/aromatic N) is 2. The molecule has 0 spiro atoms. The fourth-order valence-electron chi connectivity index (χ4n) is 1.12. The van der Waals surface area contributed by atoms with Gasteiger partial charge in [0, 0.05) is 13.1 Å². The van der Waals surface area contributed by atoms with Crippen LogP contribution in [-0.4, -0.2) is 20.9 Å². The van der Waals surface area contributed by atoms with E-state index in [4.69, 9.17) is 5.11 Å². The van der Waals surface area contributed by atoms with Gasteiger partial charge in [0.05, 0.1) is 0 Å². The third-order valence-corrected chi connectivity index (χ3v) is 1.82. The molecule has 4 nitrogen and oxygen atoms in total. The Morgan fingerprint density at radius 1 is 1.67 bits per heavy atom. The molecule has 0 radical (unpaired) electrons. The standard InChI is InChI=1S/C9H10F2N2O2/c1-3-4-9(10,11)7-5-6(8(14)15)13(2)12-7/h3-5H,1-2H3,(H,14,15). The van der Waals surface area contributed by atoms with Crippen LogP contribution in [0.3, 0.4) is 0 Å². The molecule has 1 N–H and O–H groups in total. The Morgan fingerprint density at radius 3 is 2.67 bits per heavy atom. The normalized spacial score (nSPS) is 12.3. The second-order valence-corrected chi connectivity index (χ2v) is 2.97. The van der Waals surface area contributed by atoms with Gasteiger partial charge in [-0.3, -0.25) is 4.68 Å². The third-order valence-electron chi connectivity index (χ3n) is 1.82. The molecule has 1 aromatic rings. The van der Waals surface area contributed by atoms with Crippen LogP contribution in [0.15, 0.2) is 18.2 Å². The van der Waals surface area contributed by atoms with Crippen LogP contribution in [0.4, 0.5) is 8.78 Å². The van der Waals surface area contributed by atoms with E-state index in [1.807, 2.05) is 0 Å². The second-order valence-electron chi connectivity index (χ2n) is 2.97. The van der Waals surface area contributed by atoms with Gasteiger partial charge in [-0.2, -0.15) is 13.9 Å². The average molecular weight is 216 g/mol. The largest absolute Gasteiger partial charge is 0.477 e. The zero-order chi connectivity index (χ0) is 11.6. The molecule has 82 valence electrons.